The molecule has 2 atom stereocenters. The van der Waals surface area contributed by atoms with E-state index in [1.807, 2.05) is 25.1 Å². The summed E-state index contributed by atoms with van der Waals surface area (Å²) in [5.41, 5.74) is -0.927. The highest BCUT2D eigenvalue weighted by atomic mass is 32.1. The highest BCUT2D eigenvalue weighted by molar-refractivity contribution is 7.81. The number of imide groups is 1. The molecular formula is C40H45F3N8O5S. The summed E-state index contributed by atoms with van der Waals surface area (Å²) in [6, 6.07) is 16.9. The Bertz CT molecular complexity index is 2070. The smallest absolute Gasteiger partial charge is 0.417 e. The van der Waals surface area contributed by atoms with Crippen LogP contribution in [0, 0.1) is 11.3 Å². The van der Waals surface area contributed by atoms with Crippen molar-refractivity contribution in [3.8, 4) is 11.8 Å². The van der Waals surface area contributed by atoms with Gasteiger partial charge in [-0.2, -0.15) is 18.4 Å². The topological polar surface area (TPSA) is 150 Å². The van der Waals surface area contributed by atoms with Crippen LogP contribution in [0.3, 0.4) is 0 Å². The number of hydrogen-bond acceptors (Lipinski definition) is 11. The maximum Gasteiger partial charge on any atom is 0.417 e. The normalized spacial score (nSPS) is 20.3. The number of benzene rings is 3. The third-order valence-corrected chi connectivity index (χ3v) is 10.9. The van der Waals surface area contributed by atoms with Crippen molar-refractivity contribution in [1.82, 2.24) is 15.1 Å². The minimum Gasteiger partial charge on any atom is -0.492 e. The number of rotatable bonds is 12. The van der Waals surface area contributed by atoms with E-state index in [2.05, 4.69) is 25.8 Å². The van der Waals surface area contributed by atoms with Crippen molar-refractivity contribution in [3.63, 3.8) is 0 Å². The van der Waals surface area contributed by atoms with E-state index < -0.39 is 40.3 Å². The Labute approximate surface area is 334 Å². The molecule has 3 aromatic carbocycles. The summed E-state index contributed by atoms with van der Waals surface area (Å²) in [6.45, 7) is 9.60. The molecule has 3 fully saturated rings. The van der Waals surface area contributed by atoms with Gasteiger partial charge in [-0.3, -0.25) is 39.2 Å². The van der Waals surface area contributed by atoms with Crippen LogP contribution in [0.25, 0.3) is 0 Å². The van der Waals surface area contributed by atoms with Crippen LogP contribution in [-0.2, 0) is 31.8 Å². The number of amides is 4. The Kier molecular flexibility index (Phi) is 12.4. The molecule has 3 aliphatic heterocycles. The van der Waals surface area contributed by atoms with Crippen molar-refractivity contribution in [1.29, 1.82) is 5.26 Å². The quantitative estimate of drug-likeness (QED) is 0.148. The zero-order chi connectivity index (χ0) is 41.1. The fourth-order valence-electron chi connectivity index (χ4n) is 7.34. The van der Waals surface area contributed by atoms with Crippen LogP contribution in [0.15, 0.2) is 60.7 Å². The lowest BCUT2D eigenvalue weighted by molar-refractivity contribution is -0.138. The minimum absolute atomic E-state index is 0.00877. The van der Waals surface area contributed by atoms with Crippen molar-refractivity contribution >= 4 is 59.0 Å². The zero-order valence-electron chi connectivity index (χ0n) is 31.9. The molecule has 0 unspecified atom stereocenters. The van der Waals surface area contributed by atoms with Gasteiger partial charge in [-0.05, 0) is 86.8 Å². The number of aryl methyl sites for hydroxylation is 1. The molecule has 4 amide bonds. The van der Waals surface area contributed by atoms with Crippen molar-refractivity contribution in [2.45, 2.75) is 63.3 Å². The van der Waals surface area contributed by atoms with Crippen molar-refractivity contribution < 1.29 is 37.1 Å². The summed E-state index contributed by atoms with van der Waals surface area (Å²) in [4.78, 5) is 57.5. The van der Waals surface area contributed by atoms with Gasteiger partial charge in [-0.15, -0.1) is 12.6 Å². The first-order valence-electron chi connectivity index (χ1n) is 18.7. The molecule has 6 rings (SSSR count). The van der Waals surface area contributed by atoms with Gasteiger partial charge in [0, 0.05) is 61.9 Å². The summed E-state index contributed by atoms with van der Waals surface area (Å²) in [7, 11) is 0. The lowest BCUT2D eigenvalue weighted by Gasteiger charge is -2.34. The van der Waals surface area contributed by atoms with E-state index in [1.54, 1.807) is 49.1 Å². The molecular weight excluding hydrogens is 762 g/mol. The first kappa shape index (κ1) is 41.3. The van der Waals surface area contributed by atoms with E-state index >= 15 is 0 Å². The monoisotopic (exact) mass is 806 g/mol. The van der Waals surface area contributed by atoms with Crippen LogP contribution in [0.1, 0.15) is 50.3 Å². The Morgan fingerprint density at radius 3 is 2.39 bits per heavy atom. The Morgan fingerprint density at radius 2 is 1.70 bits per heavy atom. The molecule has 17 heteroatoms. The largest absolute Gasteiger partial charge is 0.492 e. The van der Waals surface area contributed by atoms with Gasteiger partial charge >= 0.3 is 6.18 Å². The first-order valence-corrected chi connectivity index (χ1v) is 19.2. The molecule has 3 saturated heterocycles. The predicted molar refractivity (Wildman–Crippen MR) is 212 cm³/mol. The number of nitriles is 1. The molecule has 3 aliphatic rings. The maximum atomic E-state index is 13.8. The number of halogens is 3. The van der Waals surface area contributed by atoms with E-state index in [0.717, 1.165) is 30.8 Å². The number of carbonyl (C=O) groups excluding carboxylic acids is 4. The van der Waals surface area contributed by atoms with E-state index in [0.29, 0.717) is 61.9 Å². The molecule has 57 heavy (non-hydrogen) atoms. The SMILES string of the molecule is CCc1cc(N2[C@H](S)N(c3ccc(C#N)c(C(F)(F)F)c3)C(=O)C2(C)C)ccc1OCCN1CCN(CC(=O)Nc2cccc(N[C@H]3CCC(=O)NC3=O)c2)CC1. The Hall–Kier alpha value is -5.31. The third-order valence-electron chi connectivity index (χ3n) is 10.4. The van der Waals surface area contributed by atoms with Crippen LogP contribution in [-0.4, -0.2) is 96.4 Å². The number of hydrogen-bond donors (Lipinski definition) is 4. The summed E-state index contributed by atoms with van der Waals surface area (Å²) >= 11 is 4.71. The molecule has 13 nitrogen and oxygen atoms in total. The second kappa shape index (κ2) is 17.0. The summed E-state index contributed by atoms with van der Waals surface area (Å²) in [5, 5.41) is 17.6. The molecule has 0 spiro atoms. The summed E-state index contributed by atoms with van der Waals surface area (Å²) in [6.07, 6.45) is -3.49. The number of nitrogens with one attached hydrogen (secondary N) is 3. The van der Waals surface area contributed by atoms with Crippen LogP contribution in [0.4, 0.5) is 35.9 Å². The fourth-order valence-corrected chi connectivity index (χ4v) is 8.00. The lowest BCUT2D eigenvalue weighted by Crippen LogP contribution is -2.49. The van der Waals surface area contributed by atoms with Gasteiger partial charge in [0.15, 0.2) is 5.50 Å². The van der Waals surface area contributed by atoms with Gasteiger partial charge in [0.1, 0.15) is 23.9 Å². The number of carbonyl (C=O) groups is 4. The van der Waals surface area contributed by atoms with Crippen LogP contribution < -0.4 is 30.5 Å². The predicted octanol–water partition coefficient (Wildman–Crippen LogP) is 4.84. The van der Waals surface area contributed by atoms with Crippen molar-refractivity contribution in [2.24, 2.45) is 0 Å². The molecule has 302 valence electrons. The molecule has 0 aromatic heterocycles. The molecule has 0 bridgehead atoms. The maximum absolute atomic E-state index is 13.8. The number of piperazine rings is 1. The van der Waals surface area contributed by atoms with Crippen LogP contribution in [0.2, 0.25) is 0 Å². The van der Waals surface area contributed by atoms with E-state index in [-0.39, 0.29) is 36.4 Å². The van der Waals surface area contributed by atoms with Crippen LogP contribution >= 0.6 is 12.6 Å². The van der Waals surface area contributed by atoms with E-state index in [4.69, 9.17) is 17.4 Å². The minimum atomic E-state index is -4.78. The van der Waals surface area contributed by atoms with Gasteiger partial charge in [0.2, 0.25) is 17.7 Å². The number of ether oxygens (including phenoxy) is 1. The standard InChI is InChI=1S/C40H45F3N8O5S/c1-4-25-20-30(51-38(57)50(37(55)39(51,2)3)29-9-8-26(23-44)31(22-29)40(41,42)43)10-12-33(25)56-19-18-48-14-16-49(17-15-48)24-35(53)46-28-7-5-6-27(21-28)45-32-11-13-34(52)47-36(32)54/h5-10,12,20-22,32,38,45,57H,4,11,13-19,24H2,1-3H3,(H,46,53)(H,47,52,54)/t32-,38+/m0/s1. The van der Waals surface area contributed by atoms with Gasteiger partial charge in [-0.25, -0.2) is 0 Å². The Morgan fingerprint density at radius 1 is 1.00 bits per heavy atom. The molecule has 3 heterocycles. The molecule has 0 aliphatic carbocycles. The van der Waals surface area contributed by atoms with Crippen molar-refractivity contribution in [3.05, 3.63) is 77.4 Å². The molecule has 0 saturated carbocycles. The molecule has 3 N–H and O–H groups in total. The second-order valence-corrected chi connectivity index (χ2v) is 15.1. The van der Waals surface area contributed by atoms with Gasteiger partial charge in [0.25, 0.3) is 5.91 Å². The Balaban J connectivity index is 0.992. The number of piperidine rings is 1. The lowest BCUT2D eigenvalue weighted by atomic mass is 10.0. The van der Waals surface area contributed by atoms with E-state index in [9.17, 15) is 37.6 Å². The van der Waals surface area contributed by atoms with Crippen LogP contribution in [0.5, 0.6) is 5.75 Å². The number of anilines is 4. The number of alkyl halides is 3. The fraction of sp³-hybridized carbons (Fsp3) is 0.425. The first-order chi connectivity index (χ1) is 27.1. The third kappa shape index (κ3) is 9.30. The van der Waals surface area contributed by atoms with Gasteiger partial charge in [0.05, 0.1) is 23.7 Å². The average molecular weight is 807 g/mol. The number of nitrogens with zero attached hydrogens (tertiary/aromatic N) is 5. The zero-order valence-corrected chi connectivity index (χ0v) is 32.8. The number of thiol groups is 1. The molecule has 3 aromatic rings. The summed E-state index contributed by atoms with van der Waals surface area (Å²) < 4.78 is 47.5. The van der Waals surface area contributed by atoms with Gasteiger partial charge < -0.3 is 20.3 Å². The highest BCUT2D eigenvalue weighted by Crippen LogP contribution is 2.43. The van der Waals surface area contributed by atoms with E-state index in [1.165, 1.54) is 11.0 Å². The molecule has 0 radical (unpaired) electrons. The second-order valence-electron chi connectivity index (χ2n) is 14.7. The average Bonchev–Trinajstić information content (AvgIpc) is 3.34. The highest BCUT2D eigenvalue weighted by Gasteiger charge is 2.52. The van der Waals surface area contributed by atoms with Gasteiger partial charge in [-0.1, -0.05) is 13.0 Å². The summed E-state index contributed by atoms with van der Waals surface area (Å²) in [5.74, 6) is -0.551. The van der Waals surface area contributed by atoms with Crippen molar-refractivity contribution in [2.75, 3.05) is 66.3 Å².